The molecule has 0 saturated heterocycles. The molecule has 1 aliphatic heterocycles. The van der Waals surface area contributed by atoms with Crippen molar-refractivity contribution in [3.63, 3.8) is 0 Å². The molecule has 0 N–H and O–H groups in total. The fourth-order valence-corrected chi connectivity index (χ4v) is 2.71. The molecule has 1 amide bonds. The van der Waals surface area contributed by atoms with Crippen LogP contribution in [0, 0.1) is 5.92 Å². The quantitative estimate of drug-likeness (QED) is 0.723. The first kappa shape index (κ1) is 17.4. The SMILES string of the molecule is CC(C)CN(C(=O)C=Cc1ccc2c(c1)OCO2)c1ccc(Cl)cc1. The summed E-state index contributed by atoms with van der Waals surface area (Å²) >= 11 is 5.95. The summed E-state index contributed by atoms with van der Waals surface area (Å²) in [4.78, 5) is 14.5. The minimum absolute atomic E-state index is 0.0753. The first-order valence-electron chi connectivity index (χ1n) is 8.18. The highest BCUT2D eigenvalue weighted by Crippen LogP contribution is 2.32. The number of ether oxygens (including phenoxy) is 2. The monoisotopic (exact) mass is 357 g/mol. The predicted molar refractivity (Wildman–Crippen MR) is 100 cm³/mol. The number of fused-ring (bicyclic) bond motifs is 1. The van der Waals surface area contributed by atoms with Gasteiger partial charge in [0.25, 0.3) is 5.91 Å². The third-order valence-corrected chi connectivity index (χ3v) is 4.02. The van der Waals surface area contributed by atoms with E-state index in [9.17, 15) is 4.79 Å². The maximum atomic E-state index is 12.7. The Morgan fingerprint density at radius 1 is 1.16 bits per heavy atom. The minimum Gasteiger partial charge on any atom is -0.454 e. The van der Waals surface area contributed by atoms with Gasteiger partial charge in [0, 0.05) is 23.3 Å². The standard InChI is InChI=1S/C20H20ClNO3/c1-14(2)12-22(17-7-5-16(21)6-8-17)20(23)10-4-15-3-9-18-19(11-15)25-13-24-18/h3-11,14H,12-13H2,1-2H3. The van der Waals surface area contributed by atoms with E-state index in [0.29, 0.717) is 23.2 Å². The lowest BCUT2D eigenvalue weighted by Crippen LogP contribution is -2.32. The molecule has 0 unspecified atom stereocenters. The van der Waals surface area contributed by atoms with Gasteiger partial charge in [-0.3, -0.25) is 4.79 Å². The van der Waals surface area contributed by atoms with E-state index < -0.39 is 0 Å². The molecule has 0 radical (unpaired) electrons. The number of hydrogen-bond donors (Lipinski definition) is 0. The van der Waals surface area contributed by atoms with Gasteiger partial charge in [-0.2, -0.15) is 0 Å². The highest BCUT2D eigenvalue weighted by Gasteiger charge is 2.16. The van der Waals surface area contributed by atoms with E-state index in [-0.39, 0.29) is 12.7 Å². The van der Waals surface area contributed by atoms with Crippen LogP contribution in [0.5, 0.6) is 11.5 Å². The summed E-state index contributed by atoms with van der Waals surface area (Å²) < 4.78 is 10.7. The van der Waals surface area contributed by atoms with Gasteiger partial charge in [0.05, 0.1) is 0 Å². The zero-order valence-electron chi connectivity index (χ0n) is 14.2. The lowest BCUT2D eigenvalue weighted by Gasteiger charge is -2.23. The van der Waals surface area contributed by atoms with Crippen LogP contribution in [0.1, 0.15) is 19.4 Å². The smallest absolute Gasteiger partial charge is 0.250 e. The zero-order chi connectivity index (χ0) is 17.8. The van der Waals surface area contributed by atoms with Gasteiger partial charge < -0.3 is 14.4 Å². The van der Waals surface area contributed by atoms with Crippen LogP contribution in [-0.4, -0.2) is 19.2 Å². The Morgan fingerprint density at radius 2 is 1.88 bits per heavy atom. The van der Waals surface area contributed by atoms with E-state index in [2.05, 4.69) is 13.8 Å². The third kappa shape index (κ3) is 4.34. The van der Waals surface area contributed by atoms with Crippen LogP contribution >= 0.6 is 11.6 Å². The van der Waals surface area contributed by atoms with Gasteiger partial charge in [0.15, 0.2) is 11.5 Å². The lowest BCUT2D eigenvalue weighted by atomic mass is 10.1. The molecular formula is C20H20ClNO3. The van der Waals surface area contributed by atoms with E-state index in [1.165, 1.54) is 0 Å². The van der Waals surface area contributed by atoms with Crippen LogP contribution in [0.15, 0.2) is 48.5 Å². The first-order valence-corrected chi connectivity index (χ1v) is 8.55. The number of hydrogen-bond acceptors (Lipinski definition) is 3. The normalized spacial score (nSPS) is 12.8. The van der Waals surface area contributed by atoms with E-state index >= 15 is 0 Å². The van der Waals surface area contributed by atoms with Crippen molar-refractivity contribution in [1.29, 1.82) is 0 Å². The Morgan fingerprint density at radius 3 is 2.60 bits per heavy atom. The number of carbonyl (C=O) groups is 1. The number of nitrogens with zero attached hydrogens (tertiary/aromatic N) is 1. The molecule has 0 saturated carbocycles. The Hall–Kier alpha value is -2.46. The number of carbonyl (C=O) groups excluding carboxylic acids is 1. The molecule has 0 spiro atoms. The summed E-state index contributed by atoms with van der Waals surface area (Å²) in [5.74, 6) is 1.70. The molecule has 2 aromatic rings. The lowest BCUT2D eigenvalue weighted by molar-refractivity contribution is -0.114. The third-order valence-electron chi connectivity index (χ3n) is 3.77. The molecular weight excluding hydrogens is 338 g/mol. The van der Waals surface area contributed by atoms with Crippen molar-refractivity contribution in [2.75, 3.05) is 18.2 Å². The predicted octanol–water partition coefficient (Wildman–Crippen LogP) is 4.77. The van der Waals surface area contributed by atoms with Crippen molar-refractivity contribution in [3.05, 3.63) is 59.1 Å². The van der Waals surface area contributed by atoms with Gasteiger partial charge in [-0.1, -0.05) is 31.5 Å². The highest BCUT2D eigenvalue weighted by atomic mass is 35.5. The Balaban J connectivity index is 1.78. The molecule has 0 bridgehead atoms. The van der Waals surface area contributed by atoms with Gasteiger partial charge >= 0.3 is 0 Å². The highest BCUT2D eigenvalue weighted by molar-refractivity contribution is 6.30. The zero-order valence-corrected chi connectivity index (χ0v) is 15.0. The van der Waals surface area contributed by atoms with Gasteiger partial charge in [-0.15, -0.1) is 0 Å². The summed E-state index contributed by atoms with van der Waals surface area (Å²) in [7, 11) is 0. The minimum atomic E-state index is -0.0753. The fraction of sp³-hybridized carbons (Fsp3) is 0.250. The Bertz CT molecular complexity index is 784. The summed E-state index contributed by atoms with van der Waals surface area (Å²) in [6.07, 6.45) is 3.36. The second-order valence-electron chi connectivity index (χ2n) is 6.27. The number of halogens is 1. The fourth-order valence-electron chi connectivity index (χ4n) is 2.58. The van der Waals surface area contributed by atoms with Crippen LogP contribution in [0.25, 0.3) is 6.08 Å². The van der Waals surface area contributed by atoms with Gasteiger partial charge in [0.1, 0.15) is 0 Å². The van der Waals surface area contributed by atoms with E-state index in [1.54, 1.807) is 29.2 Å². The molecule has 0 aliphatic carbocycles. The number of rotatable bonds is 5. The van der Waals surface area contributed by atoms with Gasteiger partial charge in [-0.25, -0.2) is 0 Å². The molecule has 5 heteroatoms. The molecule has 130 valence electrons. The topological polar surface area (TPSA) is 38.8 Å². The molecule has 1 aliphatic rings. The Labute approximate surface area is 152 Å². The number of benzene rings is 2. The second-order valence-corrected chi connectivity index (χ2v) is 6.70. The molecule has 2 aromatic carbocycles. The molecule has 25 heavy (non-hydrogen) atoms. The molecule has 0 atom stereocenters. The summed E-state index contributed by atoms with van der Waals surface area (Å²) in [6.45, 7) is 5.03. The number of anilines is 1. The van der Waals surface area contributed by atoms with Crippen molar-refractivity contribution in [2.24, 2.45) is 5.92 Å². The molecule has 3 rings (SSSR count). The molecule has 0 fully saturated rings. The van der Waals surface area contributed by atoms with Crippen LogP contribution in [0.4, 0.5) is 5.69 Å². The van der Waals surface area contributed by atoms with Crippen molar-refractivity contribution in [3.8, 4) is 11.5 Å². The summed E-state index contributed by atoms with van der Waals surface area (Å²) in [5.41, 5.74) is 1.72. The van der Waals surface area contributed by atoms with Crippen molar-refractivity contribution >= 4 is 29.3 Å². The van der Waals surface area contributed by atoms with Crippen LogP contribution in [0.3, 0.4) is 0 Å². The van der Waals surface area contributed by atoms with E-state index in [1.807, 2.05) is 30.3 Å². The van der Waals surface area contributed by atoms with Gasteiger partial charge in [-0.05, 0) is 54.0 Å². The van der Waals surface area contributed by atoms with Crippen LogP contribution in [0.2, 0.25) is 5.02 Å². The largest absolute Gasteiger partial charge is 0.454 e. The van der Waals surface area contributed by atoms with Crippen LogP contribution in [-0.2, 0) is 4.79 Å². The average Bonchev–Trinajstić information content (AvgIpc) is 3.06. The number of amides is 1. The van der Waals surface area contributed by atoms with E-state index in [4.69, 9.17) is 21.1 Å². The summed E-state index contributed by atoms with van der Waals surface area (Å²) in [6, 6.07) is 12.9. The van der Waals surface area contributed by atoms with Crippen LogP contribution < -0.4 is 14.4 Å². The maximum Gasteiger partial charge on any atom is 0.250 e. The van der Waals surface area contributed by atoms with Gasteiger partial charge in [0.2, 0.25) is 6.79 Å². The Kier molecular flexibility index (Phi) is 5.29. The summed E-state index contributed by atoms with van der Waals surface area (Å²) in [5, 5.41) is 0.650. The molecule has 0 aromatic heterocycles. The molecule has 1 heterocycles. The first-order chi connectivity index (χ1) is 12.0. The molecule has 4 nitrogen and oxygen atoms in total. The second kappa shape index (κ2) is 7.62. The maximum absolute atomic E-state index is 12.7. The van der Waals surface area contributed by atoms with Crippen molar-refractivity contribution < 1.29 is 14.3 Å². The van der Waals surface area contributed by atoms with E-state index in [0.717, 1.165) is 17.0 Å². The van der Waals surface area contributed by atoms with Crippen molar-refractivity contribution in [2.45, 2.75) is 13.8 Å². The average molecular weight is 358 g/mol. The van der Waals surface area contributed by atoms with Crippen molar-refractivity contribution in [1.82, 2.24) is 0 Å².